The Hall–Kier alpha value is -1.65. The minimum absolute atomic E-state index is 0.0241. The van der Waals surface area contributed by atoms with Gasteiger partial charge in [0, 0.05) is 25.4 Å². The number of amides is 1. The van der Waals surface area contributed by atoms with Gasteiger partial charge in [0.05, 0.1) is 32.0 Å². The lowest BCUT2D eigenvalue weighted by atomic mass is 9.89. The maximum absolute atomic E-state index is 12.1. The summed E-state index contributed by atoms with van der Waals surface area (Å²) >= 11 is 0. The highest BCUT2D eigenvalue weighted by Gasteiger charge is 2.45. The van der Waals surface area contributed by atoms with Crippen LogP contribution < -0.4 is 0 Å². The van der Waals surface area contributed by atoms with Crippen molar-refractivity contribution in [3.05, 3.63) is 23.8 Å². The van der Waals surface area contributed by atoms with E-state index in [1.807, 2.05) is 26.0 Å². The van der Waals surface area contributed by atoms with E-state index in [0.29, 0.717) is 51.2 Å². The molecule has 0 unspecified atom stereocenters. The van der Waals surface area contributed by atoms with Crippen LogP contribution >= 0.6 is 0 Å². The molecule has 0 radical (unpaired) electrons. The Kier molecular flexibility index (Phi) is 9.15. The molecule has 0 aromatic carbocycles. The molecule has 6 heteroatoms. The number of morpholine rings is 1. The zero-order chi connectivity index (χ0) is 22.2. The molecule has 172 valence electrons. The minimum atomic E-state index is -0.541. The number of hydrogen-bond acceptors (Lipinski definition) is 5. The standard InChI is InChI=1S/C25H37NO5/c1-3-4-5-18(2)23(27)7-6-21-22-15-19(14-20(22)16-24(21)28)8-11-31-17-25(29)26-9-12-30-13-10-26/h6-8,18,20-24,27-28H,5,9-17H2,1-2H3/b7-6+,19-8+/t18-,20-,21+,22-,23+,24+/m0/s1. The van der Waals surface area contributed by atoms with Crippen molar-refractivity contribution >= 4 is 5.91 Å². The van der Waals surface area contributed by atoms with E-state index in [1.54, 1.807) is 4.90 Å². The summed E-state index contributed by atoms with van der Waals surface area (Å²) in [6.07, 6.45) is 8.51. The predicted molar refractivity (Wildman–Crippen MR) is 119 cm³/mol. The summed E-state index contributed by atoms with van der Waals surface area (Å²) < 4.78 is 10.9. The molecule has 2 N–H and O–H groups in total. The van der Waals surface area contributed by atoms with E-state index in [1.165, 1.54) is 5.57 Å². The van der Waals surface area contributed by atoms with Gasteiger partial charge >= 0.3 is 0 Å². The second kappa shape index (κ2) is 11.8. The molecule has 1 heterocycles. The lowest BCUT2D eigenvalue weighted by molar-refractivity contribution is -0.139. The van der Waals surface area contributed by atoms with Gasteiger partial charge in [-0.15, -0.1) is 11.8 Å². The Morgan fingerprint density at radius 2 is 2.13 bits per heavy atom. The monoisotopic (exact) mass is 431 g/mol. The molecule has 2 saturated carbocycles. The second-order valence-electron chi connectivity index (χ2n) is 9.07. The van der Waals surface area contributed by atoms with Gasteiger partial charge in [-0.05, 0) is 43.9 Å². The largest absolute Gasteiger partial charge is 0.392 e. The third-order valence-electron chi connectivity index (χ3n) is 6.90. The number of aliphatic hydroxyl groups excluding tert-OH is 2. The fraction of sp³-hybridized carbons (Fsp3) is 0.720. The number of hydrogen-bond donors (Lipinski definition) is 2. The van der Waals surface area contributed by atoms with Crippen LogP contribution in [-0.2, 0) is 14.3 Å². The van der Waals surface area contributed by atoms with Crippen LogP contribution in [0.15, 0.2) is 23.8 Å². The topological polar surface area (TPSA) is 79.2 Å². The Labute approximate surface area is 186 Å². The molecule has 0 aromatic rings. The summed E-state index contributed by atoms with van der Waals surface area (Å²) in [7, 11) is 0. The number of rotatable bonds is 8. The summed E-state index contributed by atoms with van der Waals surface area (Å²) in [4.78, 5) is 13.9. The van der Waals surface area contributed by atoms with E-state index >= 15 is 0 Å². The van der Waals surface area contributed by atoms with Gasteiger partial charge in [-0.1, -0.05) is 30.7 Å². The molecule has 31 heavy (non-hydrogen) atoms. The Morgan fingerprint density at radius 3 is 2.87 bits per heavy atom. The first-order chi connectivity index (χ1) is 15.0. The van der Waals surface area contributed by atoms with Gasteiger partial charge in [0.15, 0.2) is 0 Å². The highest BCUT2D eigenvalue weighted by Crippen LogP contribution is 2.50. The number of fused-ring (bicyclic) bond motifs is 1. The van der Waals surface area contributed by atoms with Gasteiger partial charge in [-0.25, -0.2) is 0 Å². The fourth-order valence-electron chi connectivity index (χ4n) is 4.98. The first kappa shape index (κ1) is 24.0. The van der Waals surface area contributed by atoms with Crippen molar-refractivity contribution < 1.29 is 24.5 Å². The van der Waals surface area contributed by atoms with Crippen molar-refractivity contribution in [3.63, 3.8) is 0 Å². The number of allylic oxidation sites excluding steroid dienone is 1. The van der Waals surface area contributed by atoms with E-state index in [-0.39, 0.29) is 30.5 Å². The SMILES string of the molecule is CC#CC[C@H](C)[C@H](O)/C=C/[C@@H]1[C@H]2C/C(=C/COCC(=O)N3CCOCC3)C[C@H]2C[C@H]1O. The van der Waals surface area contributed by atoms with Crippen LogP contribution in [-0.4, -0.2) is 72.7 Å². The third-order valence-corrected chi connectivity index (χ3v) is 6.90. The van der Waals surface area contributed by atoms with E-state index in [4.69, 9.17) is 9.47 Å². The lowest BCUT2D eigenvalue weighted by Gasteiger charge is -2.26. The van der Waals surface area contributed by atoms with Crippen LogP contribution in [0.25, 0.3) is 0 Å². The first-order valence-corrected chi connectivity index (χ1v) is 11.5. The van der Waals surface area contributed by atoms with Crippen molar-refractivity contribution in [2.45, 2.75) is 51.7 Å². The third kappa shape index (κ3) is 6.66. The zero-order valence-corrected chi connectivity index (χ0v) is 18.8. The highest BCUT2D eigenvalue weighted by molar-refractivity contribution is 5.77. The van der Waals surface area contributed by atoms with Crippen LogP contribution in [0.5, 0.6) is 0 Å². The molecule has 0 spiro atoms. The van der Waals surface area contributed by atoms with Crippen molar-refractivity contribution in [2.75, 3.05) is 39.5 Å². The first-order valence-electron chi connectivity index (χ1n) is 11.5. The molecule has 3 aliphatic rings. The smallest absolute Gasteiger partial charge is 0.248 e. The van der Waals surface area contributed by atoms with Crippen molar-refractivity contribution in [1.29, 1.82) is 0 Å². The van der Waals surface area contributed by atoms with Crippen LogP contribution in [0.4, 0.5) is 0 Å². The molecule has 1 saturated heterocycles. The van der Waals surface area contributed by atoms with Gasteiger partial charge in [-0.2, -0.15) is 0 Å². The molecule has 2 aliphatic carbocycles. The van der Waals surface area contributed by atoms with Crippen LogP contribution in [0, 0.1) is 35.5 Å². The fourth-order valence-corrected chi connectivity index (χ4v) is 4.98. The van der Waals surface area contributed by atoms with Crippen molar-refractivity contribution in [3.8, 4) is 11.8 Å². The number of carbonyl (C=O) groups is 1. The Bertz CT molecular complexity index is 715. The van der Waals surface area contributed by atoms with Gasteiger partial charge < -0.3 is 24.6 Å². The van der Waals surface area contributed by atoms with Gasteiger partial charge in [0.25, 0.3) is 0 Å². The maximum atomic E-state index is 12.1. The summed E-state index contributed by atoms with van der Waals surface area (Å²) in [5, 5.41) is 20.9. The molecule has 3 fully saturated rings. The van der Waals surface area contributed by atoms with Crippen LogP contribution in [0.2, 0.25) is 0 Å². The molecular formula is C25H37NO5. The number of carbonyl (C=O) groups excluding carboxylic acids is 1. The van der Waals surface area contributed by atoms with Gasteiger partial charge in [0.2, 0.25) is 5.91 Å². The summed E-state index contributed by atoms with van der Waals surface area (Å²) in [6, 6.07) is 0. The lowest BCUT2D eigenvalue weighted by Crippen LogP contribution is -2.42. The molecule has 1 amide bonds. The molecule has 3 rings (SSSR count). The van der Waals surface area contributed by atoms with E-state index in [0.717, 1.165) is 19.3 Å². The highest BCUT2D eigenvalue weighted by atomic mass is 16.5. The predicted octanol–water partition coefficient (Wildman–Crippen LogP) is 2.16. The molecule has 0 aromatic heterocycles. The van der Waals surface area contributed by atoms with E-state index in [2.05, 4.69) is 17.9 Å². The average molecular weight is 432 g/mol. The van der Waals surface area contributed by atoms with Gasteiger partial charge in [0.1, 0.15) is 6.61 Å². The second-order valence-corrected chi connectivity index (χ2v) is 9.07. The summed E-state index contributed by atoms with van der Waals surface area (Å²) in [6.45, 7) is 6.84. The summed E-state index contributed by atoms with van der Waals surface area (Å²) in [5.41, 5.74) is 1.35. The molecule has 6 nitrogen and oxygen atoms in total. The number of nitrogens with zero attached hydrogens (tertiary/aromatic N) is 1. The molecule has 1 aliphatic heterocycles. The number of ether oxygens (including phenoxy) is 2. The number of aliphatic hydroxyl groups is 2. The van der Waals surface area contributed by atoms with Crippen LogP contribution in [0.3, 0.4) is 0 Å². The average Bonchev–Trinajstić information content (AvgIpc) is 3.30. The molecule has 6 atom stereocenters. The minimum Gasteiger partial charge on any atom is -0.392 e. The quantitative estimate of drug-likeness (QED) is 0.350. The Morgan fingerprint density at radius 1 is 1.35 bits per heavy atom. The van der Waals surface area contributed by atoms with E-state index in [9.17, 15) is 15.0 Å². The zero-order valence-electron chi connectivity index (χ0n) is 18.8. The van der Waals surface area contributed by atoms with Crippen LogP contribution in [0.1, 0.15) is 39.5 Å². The van der Waals surface area contributed by atoms with Crippen molar-refractivity contribution in [2.24, 2.45) is 23.7 Å². The summed E-state index contributed by atoms with van der Waals surface area (Å²) in [5.74, 6) is 6.96. The van der Waals surface area contributed by atoms with Gasteiger partial charge in [-0.3, -0.25) is 4.79 Å². The normalized spacial score (nSPS) is 31.5. The van der Waals surface area contributed by atoms with Crippen molar-refractivity contribution in [1.82, 2.24) is 4.90 Å². The Balaban J connectivity index is 1.45. The molecular weight excluding hydrogens is 394 g/mol. The maximum Gasteiger partial charge on any atom is 0.248 e. The van der Waals surface area contributed by atoms with E-state index < -0.39 is 6.10 Å². The molecule has 0 bridgehead atoms.